The van der Waals surface area contributed by atoms with Gasteiger partial charge in [0.15, 0.2) is 5.69 Å². The summed E-state index contributed by atoms with van der Waals surface area (Å²) in [5, 5.41) is 16.5. The van der Waals surface area contributed by atoms with Gasteiger partial charge in [-0.1, -0.05) is 80.3 Å². The predicted molar refractivity (Wildman–Crippen MR) is 151 cm³/mol. The van der Waals surface area contributed by atoms with E-state index in [0.29, 0.717) is 21.4 Å². The normalized spacial score (nSPS) is 13.2. The molecule has 1 aliphatic rings. The molecular formula is C29H34Cl2N4O2. The zero-order valence-electron chi connectivity index (χ0n) is 21.7. The van der Waals surface area contributed by atoms with Crippen molar-refractivity contribution in [3.05, 3.63) is 69.3 Å². The maximum absolute atomic E-state index is 13.1. The van der Waals surface area contributed by atoms with Gasteiger partial charge in [0, 0.05) is 34.8 Å². The quantitative estimate of drug-likeness (QED) is 0.365. The fourth-order valence-corrected chi connectivity index (χ4v) is 4.42. The molecule has 2 heterocycles. The number of benzene rings is 2. The Hall–Kier alpha value is -2.82. The molecule has 8 heteroatoms. The van der Waals surface area contributed by atoms with Crippen molar-refractivity contribution in [2.45, 2.75) is 52.9 Å². The summed E-state index contributed by atoms with van der Waals surface area (Å²) >= 11 is 12.6. The minimum atomic E-state index is -0.245. The van der Waals surface area contributed by atoms with E-state index in [4.69, 9.17) is 28.3 Å². The summed E-state index contributed by atoms with van der Waals surface area (Å²) in [4.78, 5) is 13.1. The van der Waals surface area contributed by atoms with Crippen molar-refractivity contribution >= 4 is 29.1 Å². The molecule has 1 aromatic heterocycles. The van der Waals surface area contributed by atoms with Gasteiger partial charge in [-0.3, -0.25) is 10.2 Å². The third-order valence-electron chi connectivity index (χ3n) is 6.06. The molecule has 3 aromatic rings. The van der Waals surface area contributed by atoms with Crippen molar-refractivity contribution in [2.75, 3.05) is 19.7 Å². The number of nitrogens with zero attached hydrogens (tertiary/aromatic N) is 3. The van der Waals surface area contributed by atoms with Crippen LogP contribution in [0.5, 0.6) is 0 Å². The Morgan fingerprint density at radius 1 is 1.05 bits per heavy atom. The van der Waals surface area contributed by atoms with Crippen LogP contribution in [0.25, 0.3) is 16.9 Å². The number of nitrogens with one attached hydrogen (secondary N) is 1. The van der Waals surface area contributed by atoms with Gasteiger partial charge >= 0.3 is 0 Å². The number of piperidine rings is 1. The van der Waals surface area contributed by atoms with Crippen LogP contribution in [0.15, 0.2) is 42.5 Å². The third-order valence-corrected chi connectivity index (χ3v) is 6.60. The molecule has 0 spiro atoms. The number of hydrogen-bond donors (Lipinski definition) is 2. The third kappa shape index (κ3) is 7.59. The molecule has 6 nitrogen and oxygen atoms in total. The fourth-order valence-electron chi connectivity index (χ4n) is 3.93. The highest BCUT2D eigenvalue weighted by atomic mass is 35.5. The lowest BCUT2D eigenvalue weighted by atomic mass is 10.0. The molecule has 37 heavy (non-hydrogen) atoms. The van der Waals surface area contributed by atoms with E-state index in [9.17, 15) is 4.79 Å². The van der Waals surface area contributed by atoms with Gasteiger partial charge in [0.05, 0.1) is 16.4 Å². The summed E-state index contributed by atoms with van der Waals surface area (Å²) in [6.07, 6.45) is 5.94. The van der Waals surface area contributed by atoms with Crippen LogP contribution in [0.2, 0.25) is 10.0 Å². The van der Waals surface area contributed by atoms with Gasteiger partial charge in [-0.25, -0.2) is 9.69 Å². The second-order valence-corrected chi connectivity index (χ2v) is 9.70. The highest BCUT2D eigenvalue weighted by Gasteiger charge is 2.24. The molecule has 1 fully saturated rings. The summed E-state index contributed by atoms with van der Waals surface area (Å²) in [5.74, 6) is 5.29. The van der Waals surface area contributed by atoms with E-state index in [2.05, 4.69) is 36.2 Å². The van der Waals surface area contributed by atoms with Gasteiger partial charge in [-0.2, -0.15) is 5.10 Å². The minimum Gasteiger partial charge on any atom is -0.384 e. The largest absolute Gasteiger partial charge is 0.384 e. The maximum Gasteiger partial charge on any atom is 0.286 e. The van der Waals surface area contributed by atoms with E-state index >= 15 is 0 Å². The molecule has 2 aromatic carbocycles. The molecule has 0 saturated carbocycles. The van der Waals surface area contributed by atoms with Crippen LogP contribution in [0, 0.1) is 18.8 Å². The van der Waals surface area contributed by atoms with Gasteiger partial charge in [0.1, 0.15) is 6.61 Å². The summed E-state index contributed by atoms with van der Waals surface area (Å²) in [5.41, 5.74) is 7.10. The number of amides is 1. The van der Waals surface area contributed by atoms with E-state index in [1.165, 1.54) is 19.3 Å². The smallest absolute Gasteiger partial charge is 0.286 e. The first kappa shape index (κ1) is 28.7. The van der Waals surface area contributed by atoms with E-state index in [-0.39, 0.29) is 12.5 Å². The number of carbonyl (C=O) groups excluding carboxylic acids is 1. The average Bonchev–Trinajstić information content (AvgIpc) is 3.25. The van der Waals surface area contributed by atoms with Crippen molar-refractivity contribution < 1.29 is 9.90 Å². The molecule has 1 amide bonds. The fraction of sp³-hybridized carbons (Fsp3) is 0.379. The Balaban J connectivity index is 0.000000886. The van der Waals surface area contributed by atoms with Crippen LogP contribution >= 0.6 is 23.2 Å². The molecule has 2 N–H and O–H groups in total. The van der Waals surface area contributed by atoms with E-state index < -0.39 is 0 Å². The lowest BCUT2D eigenvalue weighted by Gasteiger charge is -2.26. The molecule has 0 aliphatic carbocycles. The van der Waals surface area contributed by atoms with Crippen LogP contribution < -0.4 is 5.43 Å². The Kier molecular flexibility index (Phi) is 11.0. The van der Waals surface area contributed by atoms with Gasteiger partial charge in [-0.15, -0.1) is 0 Å². The first-order valence-electron chi connectivity index (χ1n) is 12.7. The molecule has 0 atom stereocenters. The first-order chi connectivity index (χ1) is 17.9. The highest BCUT2D eigenvalue weighted by Crippen LogP contribution is 2.33. The summed E-state index contributed by atoms with van der Waals surface area (Å²) in [6.45, 7) is 7.71. The topological polar surface area (TPSA) is 70.4 Å². The Morgan fingerprint density at radius 2 is 1.73 bits per heavy atom. The van der Waals surface area contributed by atoms with E-state index in [0.717, 1.165) is 48.3 Å². The van der Waals surface area contributed by atoms with E-state index in [1.807, 2.05) is 36.2 Å². The zero-order chi connectivity index (χ0) is 26.8. The molecule has 1 aliphatic heterocycles. The number of carbonyl (C=O) groups is 1. The number of rotatable bonds is 5. The van der Waals surface area contributed by atoms with Crippen molar-refractivity contribution in [1.82, 2.24) is 20.2 Å². The zero-order valence-corrected chi connectivity index (χ0v) is 23.2. The van der Waals surface area contributed by atoms with Crippen molar-refractivity contribution in [3.63, 3.8) is 0 Å². The van der Waals surface area contributed by atoms with Crippen LogP contribution in [-0.4, -0.2) is 45.5 Å². The lowest BCUT2D eigenvalue weighted by Crippen LogP contribution is -2.45. The monoisotopic (exact) mass is 540 g/mol. The van der Waals surface area contributed by atoms with Crippen molar-refractivity contribution in [1.29, 1.82) is 0 Å². The number of aliphatic hydroxyl groups excluding tert-OH is 1. The second kappa shape index (κ2) is 14.2. The second-order valence-electron chi connectivity index (χ2n) is 8.86. The summed E-state index contributed by atoms with van der Waals surface area (Å²) in [6, 6.07) is 12.7. The molecule has 196 valence electrons. The Bertz CT molecular complexity index is 1250. The van der Waals surface area contributed by atoms with Gasteiger partial charge in [-0.05, 0) is 50.1 Å². The Morgan fingerprint density at radius 3 is 2.32 bits per heavy atom. The number of hydrogen-bond acceptors (Lipinski definition) is 4. The highest BCUT2D eigenvalue weighted by molar-refractivity contribution is 6.35. The SMILES string of the molecule is CCCC.Cc1c(C(=O)NN2CCCCC2)nn(-c2ccc(Cl)cc2Cl)c1-c1ccc(C#CCO)cc1. The molecular weight excluding hydrogens is 507 g/mol. The molecule has 0 bridgehead atoms. The maximum atomic E-state index is 13.1. The van der Waals surface area contributed by atoms with Crippen LogP contribution in [0.3, 0.4) is 0 Å². The van der Waals surface area contributed by atoms with Crippen molar-refractivity contribution in [3.8, 4) is 28.8 Å². The number of aliphatic hydroxyl groups is 1. The van der Waals surface area contributed by atoms with Gasteiger partial charge in [0.25, 0.3) is 5.91 Å². The Labute approximate surface area is 229 Å². The number of hydrazine groups is 1. The number of halogens is 2. The number of aromatic nitrogens is 2. The van der Waals surface area contributed by atoms with Crippen LogP contribution in [-0.2, 0) is 0 Å². The minimum absolute atomic E-state index is 0.196. The molecule has 0 unspecified atom stereocenters. The van der Waals surface area contributed by atoms with Crippen LogP contribution in [0.1, 0.15) is 67.6 Å². The number of unbranched alkanes of at least 4 members (excludes halogenated alkanes) is 1. The summed E-state index contributed by atoms with van der Waals surface area (Å²) < 4.78 is 1.69. The van der Waals surface area contributed by atoms with Gasteiger partial charge in [0.2, 0.25) is 0 Å². The molecule has 1 saturated heterocycles. The first-order valence-corrected chi connectivity index (χ1v) is 13.5. The molecule has 4 rings (SSSR count). The van der Waals surface area contributed by atoms with Crippen LogP contribution in [0.4, 0.5) is 0 Å². The van der Waals surface area contributed by atoms with E-state index in [1.54, 1.807) is 22.9 Å². The predicted octanol–water partition coefficient (Wildman–Crippen LogP) is 6.44. The average molecular weight is 542 g/mol. The van der Waals surface area contributed by atoms with Gasteiger partial charge < -0.3 is 5.11 Å². The standard InChI is InChI=1S/C25H24Cl2N4O2.C4H10/c1-17-23(25(33)29-30-13-3-2-4-14-30)28-31(22-12-11-20(26)16-21(22)27)24(17)19-9-7-18(8-10-19)6-5-15-32;1-3-4-2/h7-12,16,32H,2-4,13-15H2,1H3,(H,29,33);3-4H2,1-2H3. The van der Waals surface area contributed by atoms with Crippen molar-refractivity contribution in [2.24, 2.45) is 0 Å². The summed E-state index contributed by atoms with van der Waals surface area (Å²) in [7, 11) is 0. The lowest BCUT2D eigenvalue weighted by molar-refractivity contribution is 0.0743. The molecule has 0 radical (unpaired) electrons.